The second-order valence-electron chi connectivity index (χ2n) is 5.52. The van der Waals surface area contributed by atoms with Crippen molar-refractivity contribution in [2.24, 2.45) is 0 Å². The van der Waals surface area contributed by atoms with Gasteiger partial charge >= 0.3 is 0 Å². The van der Waals surface area contributed by atoms with Crippen LogP contribution < -0.4 is 19.5 Å². The predicted molar refractivity (Wildman–Crippen MR) is 111 cm³/mol. The first-order valence-corrected chi connectivity index (χ1v) is 10.0. The van der Waals surface area contributed by atoms with Gasteiger partial charge in [-0.2, -0.15) is 4.37 Å². The molecule has 0 bridgehead atoms. The van der Waals surface area contributed by atoms with Gasteiger partial charge in [-0.15, -0.1) is 0 Å². The summed E-state index contributed by atoms with van der Waals surface area (Å²) in [5, 5.41) is 2.84. The monoisotopic (exact) mass is 417 g/mol. The Morgan fingerprint density at radius 2 is 1.75 bits per heavy atom. The summed E-state index contributed by atoms with van der Waals surface area (Å²) in [6.07, 6.45) is 0. The zero-order chi connectivity index (χ0) is 19.9. The molecule has 146 valence electrons. The molecule has 1 heterocycles. The van der Waals surface area contributed by atoms with Crippen molar-refractivity contribution in [3.8, 4) is 28.6 Å². The smallest absolute Gasteiger partial charge is 0.234 e. The van der Waals surface area contributed by atoms with Crippen molar-refractivity contribution in [3.63, 3.8) is 0 Å². The molecule has 3 rings (SSSR count). The number of amides is 1. The SMILES string of the molecule is COc1ccc(-c2nsc(SCC(=O)Nc3cc(OC)ccc3OC)n2)cc1. The lowest BCUT2D eigenvalue weighted by Crippen LogP contribution is -2.14. The van der Waals surface area contributed by atoms with E-state index in [2.05, 4.69) is 14.7 Å². The fraction of sp³-hybridized carbons (Fsp3) is 0.211. The molecule has 2 aromatic carbocycles. The van der Waals surface area contributed by atoms with Gasteiger partial charge in [0.25, 0.3) is 0 Å². The highest BCUT2D eigenvalue weighted by molar-refractivity contribution is 8.01. The number of hydrogen-bond donors (Lipinski definition) is 1. The summed E-state index contributed by atoms with van der Waals surface area (Å²) in [6, 6.07) is 12.7. The van der Waals surface area contributed by atoms with Crippen LogP contribution in [0.25, 0.3) is 11.4 Å². The molecule has 1 amide bonds. The highest BCUT2D eigenvalue weighted by Gasteiger charge is 2.12. The Kier molecular flexibility index (Phi) is 6.72. The third-order valence-electron chi connectivity index (χ3n) is 3.76. The molecule has 1 aromatic heterocycles. The van der Waals surface area contributed by atoms with Gasteiger partial charge in [-0.25, -0.2) is 4.98 Å². The van der Waals surface area contributed by atoms with E-state index >= 15 is 0 Å². The van der Waals surface area contributed by atoms with E-state index in [0.717, 1.165) is 15.7 Å². The Bertz CT molecular complexity index is 945. The molecule has 7 nitrogen and oxygen atoms in total. The first kappa shape index (κ1) is 20.0. The summed E-state index contributed by atoms with van der Waals surface area (Å²) in [6.45, 7) is 0. The number of thioether (sulfide) groups is 1. The summed E-state index contributed by atoms with van der Waals surface area (Å²) in [5.41, 5.74) is 1.46. The number of carbonyl (C=O) groups is 1. The molecule has 0 atom stereocenters. The van der Waals surface area contributed by atoms with Crippen LogP contribution in [0.3, 0.4) is 0 Å². The number of ether oxygens (including phenoxy) is 3. The number of carbonyl (C=O) groups excluding carboxylic acids is 1. The molecule has 3 aromatic rings. The lowest BCUT2D eigenvalue weighted by atomic mass is 10.2. The van der Waals surface area contributed by atoms with E-state index in [-0.39, 0.29) is 11.7 Å². The Morgan fingerprint density at radius 1 is 1.04 bits per heavy atom. The van der Waals surface area contributed by atoms with Crippen LogP contribution in [0.1, 0.15) is 0 Å². The van der Waals surface area contributed by atoms with Crippen molar-refractivity contribution < 1.29 is 19.0 Å². The molecule has 0 aliphatic carbocycles. The van der Waals surface area contributed by atoms with Gasteiger partial charge in [0, 0.05) is 11.6 Å². The minimum atomic E-state index is -0.169. The van der Waals surface area contributed by atoms with Gasteiger partial charge in [0.1, 0.15) is 17.2 Å². The van der Waals surface area contributed by atoms with Gasteiger partial charge in [0.15, 0.2) is 10.2 Å². The molecule has 0 spiro atoms. The molecule has 1 N–H and O–H groups in total. The second kappa shape index (κ2) is 9.43. The van der Waals surface area contributed by atoms with E-state index < -0.39 is 0 Å². The number of nitrogens with zero attached hydrogens (tertiary/aromatic N) is 2. The van der Waals surface area contributed by atoms with Crippen molar-refractivity contribution in [1.29, 1.82) is 0 Å². The highest BCUT2D eigenvalue weighted by Crippen LogP contribution is 2.30. The van der Waals surface area contributed by atoms with Gasteiger partial charge < -0.3 is 19.5 Å². The summed E-state index contributed by atoms with van der Waals surface area (Å²) in [7, 11) is 4.74. The largest absolute Gasteiger partial charge is 0.497 e. The summed E-state index contributed by atoms with van der Waals surface area (Å²) in [5.74, 6) is 2.65. The van der Waals surface area contributed by atoms with Crippen molar-refractivity contribution in [3.05, 3.63) is 42.5 Å². The van der Waals surface area contributed by atoms with E-state index in [1.54, 1.807) is 39.5 Å². The maximum Gasteiger partial charge on any atom is 0.234 e. The quantitative estimate of drug-likeness (QED) is 0.556. The standard InChI is InChI=1S/C19H19N3O4S2/c1-24-13-6-4-12(5-7-13)18-21-19(28-22-18)27-11-17(23)20-15-10-14(25-2)8-9-16(15)26-3/h4-10H,11H2,1-3H3,(H,20,23). The molecule has 0 fully saturated rings. The predicted octanol–water partition coefficient (Wildman–Crippen LogP) is 3.96. The third kappa shape index (κ3) is 4.93. The van der Waals surface area contributed by atoms with Crippen LogP contribution in [0.2, 0.25) is 0 Å². The fourth-order valence-corrected chi connectivity index (χ4v) is 3.77. The van der Waals surface area contributed by atoms with Gasteiger partial charge in [-0.05, 0) is 47.9 Å². The zero-order valence-electron chi connectivity index (χ0n) is 15.6. The number of rotatable bonds is 8. The molecule has 0 unspecified atom stereocenters. The summed E-state index contributed by atoms with van der Waals surface area (Å²) < 4.78 is 20.7. The Balaban J connectivity index is 1.60. The summed E-state index contributed by atoms with van der Waals surface area (Å²) in [4.78, 5) is 16.8. The maximum atomic E-state index is 12.3. The van der Waals surface area contributed by atoms with Crippen LogP contribution in [0.4, 0.5) is 5.69 Å². The van der Waals surface area contributed by atoms with Crippen LogP contribution >= 0.6 is 23.3 Å². The third-order valence-corrected chi connectivity index (χ3v) is 5.60. The van der Waals surface area contributed by atoms with E-state index in [9.17, 15) is 4.79 Å². The van der Waals surface area contributed by atoms with Crippen LogP contribution in [-0.2, 0) is 4.79 Å². The van der Waals surface area contributed by atoms with E-state index in [4.69, 9.17) is 14.2 Å². The first-order valence-electron chi connectivity index (χ1n) is 8.25. The Labute approximate surface area is 171 Å². The average Bonchev–Trinajstić information content (AvgIpc) is 3.21. The van der Waals surface area contributed by atoms with Crippen molar-refractivity contribution in [1.82, 2.24) is 9.36 Å². The number of nitrogens with one attached hydrogen (secondary N) is 1. The van der Waals surface area contributed by atoms with Crippen LogP contribution in [0, 0.1) is 0 Å². The van der Waals surface area contributed by atoms with Gasteiger partial charge in [-0.1, -0.05) is 11.8 Å². The van der Waals surface area contributed by atoms with Crippen molar-refractivity contribution in [2.75, 3.05) is 32.4 Å². The first-order chi connectivity index (χ1) is 13.6. The number of benzene rings is 2. The number of hydrogen-bond acceptors (Lipinski definition) is 8. The summed E-state index contributed by atoms with van der Waals surface area (Å²) >= 11 is 2.59. The highest BCUT2D eigenvalue weighted by atomic mass is 32.2. The molecule has 0 aliphatic heterocycles. The Hall–Kier alpha value is -2.78. The van der Waals surface area contributed by atoms with Crippen molar-refractivity contribution in [2.45, 2.75) is 4.34 Å². The molecule has 0 radical (unpaired) electrons. The van der Waals surface area contributed by atoms with Crippen LogP contribution in [0.15, 0.2) is 46.8 Å². The fourth-order valence-electron chi connectivity index (χ4n) is 2.35. The minimum Gasteiger partial charge on any atom is -0.497 e. The second-order valence-corrected chi connectivity index (χ2v) is 7.49. The van der Waals surface area contributed by atoms with Gasteiger partial charge in [0.05, 0.1) is 32.8 Å². The maximum absolute atomic E-state index is 12.3. The van der Waals surface area contributed by atoms with Crippen LogP contribution in [-0.4, -0.2) is 42.3 Å². The number of methoxy groups -OCH3 is 3. The molecule has 28 heavy (non-hydrogen) atoms. The molecule has 0 saturated heterocycles. The minimum absolute atomic E-state index is 0.169. The normalized spacial score (nSPS) is 10.4. The molecule has 0 saturated carbocycles. The lowest BCUT2D eigenvalue weighted by Gasteiger charge is -2.11. The average molecular weight is 418 g/mol. The van der Waals surface area contributed by atoms with E-state index in [1.165, 1.54) is 23.3 Å². The zero-order valence-corrected chi connectivity index (χ0v) is 17.2. The van der Waals surface area contributed by atoms with Gasteiger partial charge in [0.2, 0.25) is 5.91 Å². The van der Waals surface area contributed by atoms with Crippen LogP contribution in [0.5, 0.6) is 17.2 Å². The topological polar surface area (TPSA) is 82.6 Å². The van der Waals surface area contributed by atoms with E-state index in [1.807, 2.05) is 24.3 Å². The van der Waals surface area contributed by atoms with Crippen molar-refractivity contribution >= 4 is 34.9 Å². The molecular weight excluding hydrogens is 398 g/mol. The number of aromatic nitrogens is 2. The molecule has 0 aliphatic rings. The molecular formula is C19H19N3O4S2. The Morgan fingerprint density at radius 3 is 2.43 bits per heavy atom. The van der Waals surface area contributed by atoms with Gasteiger partial charge in [-0.3, -0.25) is 4.79 Å². The number of anilines is 1. The molecule has 9 heteroatoms. The lowest BCUT2D eigenvalue weighted by molar-refractivity contribution is -0.113. The van der Waals surface area contributed by atoms with E-state index in [0.29, 0.717) is 23.0 Å².